The van der Waals surface area contributed by atoms with E-state index in [1.807, 2.05) is 20.8 Å². The molecular formula is C19H19Br2ClN6O. The average Bonchev–Trinajstić information content (AvgIpc) is 3.35. The molecule has 0 radical (unpaired) electrons. The fraction of sp³-hybridized carbons (Fsp3) is 0.316. The van der Waals surface area contributed by atoms with Crippen LogP contribution in [-0.4, -0.2) is 28.4 Å². The lowest BCUT2D eigenvalue weighted by atomic mass is 9.92. The molecule has 7 nitrogen and oxygen atoms in total. The minimum absolute atomic E-state index is 0.227. The molecular weight excluding hydrogens is 524 g/mol. The Morgan fingerprint density at radius 1 is 1.28 bits per heavy atom. The molecule has 0 saturated carbocycles. The predicted molar refractivity (Wildman–Crippen MR) is 119 cm³/mol. The van der Waals surface area contributed by atoms with E-state index >= 15 is 0 Å². The lowest BCUT2D eigenvalue weighted by Gasteiger charge is -2.32. The van der Waals surface area contributed by atoms with Gasteiger partial charge in [0.05, 0.1) is 27.0 Å². The number of hydrogen-bond acceptors (Lipinski definition) is 6. The number of rotatable bonds is 5. The zero-order valence-corrected chi connectivity index (χ0v) is 19.9. The molecule has 152 valence electrons. The van der Waals surface area contributed by atoms with Crippen LogP contribution >= 0.6 is 43.5 Å². The van der Waals surface area contributed by atoms with Crippen molar-refractivity contribution in [2.24, 2.45) is 5.41 Å². The van der Waals surface area contributed by atoms with Gasteiger partial charge in [-0.2, -0.15) is 10.3 Å². The van der Waals surface area contributed by atoms with Crippen LogP contribution in [0.15, 0.2) is 45.6 Å². The van der Waals surface area contributed by atoms with Crippen molar-refractivity contribution in [1.82, 2.24) is 20.6 Å². The van der Waals surface area contributed by atoms with Crippen LogP contribution in [0.25, 0.3) is 0 Å². The van der Waals surface area contributed by atoms with Crippen LogP contribution in [0.2, 0.25) is 5.02 Å². The molecule has 0 aliphatic carbocycles. The van der Waals surface area contributed by atoms with Crippen molar-refractivity contribution in [3.05, 3.63) is 56.2 Å². The van der Waals surface area contributed by atoms with Gasteiger partial charge in [-0.25, -0.2) is 5.01 Å². The number of amides is 1. The predicted octanol–water partition coefficient (Wildman–Crippen LogP) is 4.45. The highest BCUT2D eigenvalue weighted by atomic mass is 79.9. The maximum Gasteiger partial charge on any atom is 0.252 e. The third-order valence-electron chi connectivity index (χ3n) is 4.37. The summed E-state index contributed by atoms with van der Waals surface area (Å²) in [6.07, 6.45) is 4.65. The number of aromatic nitrogens is 1. The van der Waals surface area contributed by atoms with Crippen molar-refractivity contribution in [1.29, 1.82) is 5.26 Å². The Balaban J connectivity index is 1.78. The number of anilines is 1. The number of hydrogen-bond donors (Lipinski definition) is 2. The van der Waals surface area contributed by atoms with Crippen molar-refractivity contribution in [2.45, 2.75) is 33.2 Å². The molecule has 0 bridgehead atoms. The van der Waals surface area contributed by atoms with E-state index in [2.05, 4.69) is 53.7 Å². The van der Waals surface area contributed by atoms with Crippen LogP contribution < -0.4 is 15.6 Å². The lowest BCUT2D eigenvalue weighted by Crippen LogP contribution is -2.55. The number of hydrazine groups is 1. The van der Waals surface area contributed by atoms with E-state index in [1.165, 1.54) is 5.01 Å². The second-order valence-corrected chi connectivity index (χ2v) is 9.65. The topological polar surface area (TPSA) is 83.8 Å². The summed E-state index contributed by atoms with van der Waals surface area (Å²) in [5.41, 5.74) is 0.925. The Bertz CT molecular complexity index is 957. The quantitative estimate of drug-likeness (QED) is 0.330. The van der Waals surface area contributed by atoms with Gasteiger partial charge in [-0.05, 0) is 61.5 Å². The van der Waals surface area contributed by atoms with Crippen molar-refractivity contribution < 1.29 is 4.79 Å². The first-order valence-electron chi connectivity index (χ1n) is 8.73. The molecule has 2 aromatic rings. The van der Waals surface area contributed by atoms with Gasteiger partial charge in [0.2, 0.25) is 12.5 Å². The Labute approximate surface area is 191 Å². The Hall–Kier alpha value is -1.86. The van der Waals surface area contributed by atoms with Gasteiger partial charge in [0.1, 0.15) is 0 Å². The monoisotopic (exact) mass is 540 g/mol. The first-order valence-corrected chi connectivity index (χ1v) is 10.7. The van der Waals surface area contributed by atoms with Crippen molar-refractivity contribution in [3.63, 3.8) is 0 Å². The molecule has 1 fully saturated rings. The average molecular weight is 543 g/mol. The van der Waals surface area contributed by atoms with Crippen LogP contribution in [0.1, 0.15) is 31.1 Å². The van der Waals surface area contributed by atoms with Crippen LogP contribution in [0.4, 0.5) is 5.69 Å². The lowest BCUT2D eigenvalue weighted by molar-refractivity contribution is 0.0878. The summed E-state index contributed by atoms with van der Waals surface area (Å²) >= 11 is 12.8. The summed E-state index contributed by atoms with van der Waals surface area (Å²) < 4.78 is 1.57. The molecule has 1 aliphatic rings. The number of carbonyl (C=O) groups is 1. The van der Waals surface area contributed by atoms with Crippen molar-refractivity contribution >= 4 is 55.1 Å². The molecule has 29 heavy (non-hydrogen) atoms. The minimum atomic E-state index is -0.415. The normalized spacial score (nSPS) is 16.9. The van der Waals surface area contributed by atoms with E-state index in [1.54, 1.807) is 41.7 Å². The number of benzene rings is 1. The SMILES string of the molecule is CC(C)(C)C(NC(=O)c1ccc(Cl)cc1)NC1N(C#N)N1c1cncc(Br)c1Br. The van der Waals surface area contributed by atoms with Gasteiger partial charge in [-0.15, -0.1) is 0 Å². The first-order chi connectivity index (χ1) is 13.6. The largest absolute Gasteiger partial charge is 0.336 e. The maximum absolute atomic E-state index is 12.7. The molecule has 1 aliphatic heterocycles. The highest BCUT2D eigenvalue weighted by Gasteiger charge is 2.49. The number of pyridine rings is 1. The van der Waals surface area contributed by atoms with Crippen molar-refractivity contribution in [3.8, 4) is 6.19 Å². The molecule has 2 N–H and O–H groups in total. The summed E-state index contributed by atoms with van der Waals surface area (Å²) in [7, 11) is 0. The first kappa shape index (κ1) is 21.8. The molecule has 1 amide bonds. The number of nitriles is 1. The third-order valence-corrected chi connectivity index (χ3v) is 6.59. The smallest absolute Gasteiger partial charge is 0.252 e. The van der Waals surface area contributed by atoms with Crippen molar-refractivity contribution in [2.75, 3.05) is 5.01 Å². The van der Waals surface area contributed by atoms with Crippen LogP contribution in [-0.2, 0) is 0 Å². The van der Waals surface area contributed by atoms with E-state index in [9.17, 15) is 10.1 Å². The van der Waals surface area contributed by atoms with E-state index in [0.29, 0.717) is 10.6 Å². The summed E-state index contributed by atoms with van der Waals surface area (Å²) in [4.78, 5) is 16.9. The number of nitrogens with zero attached hydrogens (tertiary/aromatic N) is 4. The van der Waals surface area contributed by atoms with Gasteiger partial charge in [0.15, 0.2) is 0 Å². The molecule has 1 aromatic carbocycles. The van der Waals surface area contributed by atoms with E-state index in [0.717, 1.165) is 14.6 Å². The van der Waals surface area contributed by atoms with Crippen LogP contribution in [0.3, 0.4) is 0 Å². The van der Waals surface area contributed by atoms with Crippen LogP contribution in [0, 0.1) is 16.9 Å². The van der Waals surface area contributed by atoms with E-state index in [4.69, 9.17) is 11.6 Å². The second kappa shape index (κ2) is 8.48. The fourth-order valence-corrected chi connectivity index (χ4v) is 3.54. The Kier molecular flexibility index (Phi) is 6.39. The van der Waals surface area contributed by atoms with E-state index < -0.39 is 12.5 Å². The zero-order valence-electron chi connectivity index (χ0n) is 15.9. The number of nitrogens with one attached hydrogen (secondary N) is 2. The molecule has 2 heterocycles. The molecule has 0 spiro atoms. The molecule has 2 atom stereocenters. The third kappa shape index (κ3) is 4.83. The second-order valence-electron chi connectivity index (χ2n) is 7.56. The Morgan fingerprint density at radius 2 is 1.93 bits per heavy atom. The van der Waals surface area contributed by atoms with Gasteiger partial charge >= 0.3 is 0 Å². The van der Waals surface area contributed by atoms with E-state index in [-0.39, 0.29) is 11.3 Å². The summed E-state index contributed by atoms with van der Waals surface area (Å²) in [6.45, 7) is 6.02. The minimum Gasteiger partial charge on any atom is -0.336 e. The summed E-state index contributed by atoms with van der Waals surface area (Å²) in [5, 5.41) is 19.7. The van der Waals surface area contributed by atoms with Gasteiger partial charge in [-0.1, -0.05) is 32.4 Å². The highest BCUT2D eigenvalue weighted by Crippen LogP contribution is 2.40. The maximum atomic E-state index is 12.7. The number of carbonyl (C=O) groups excluding carboxylic acids is 1. The summed E-state index contributed by atoms with van der Waals surface area (Å²) in [5.74, 6) is -0.227. The van der Waals surface area contributed by atoms with Gasteiger partial charge in [-0.3, -0.25) is 15.1 Å². The molecule has 1 saturated heterocycles. The number of halogens is 3. The highest BCUT2D eigenvalue weighted by molar-refractivity contribution is 9.13. The molecule has 10 heteroatoms. The zero-order chi connectivity index (χ0) is 21.3. The Morgan fingerprint density at radius 3 is 2.52 bits per heavy atom. The van der Waals surface area contributed by atoms with Gasteiger partial charge in [0.25, 0.3) is 5.91 Å². The molecule has 1 aromatic heterocycles. The molecule has 2 unspecified atom stereocenters. The molecule has 3 rings (SSSR count). The standard InChI is InChI=1S/C19H19Br2ClN6O/c1-19(2,3)17(25-16(29)11-4-6-12(22)7-5-11)26-18-27(10-23)28(18)14-9-24-8-13(20)15(14)21/h4-9,17-18,26H,1-3H3,(H,25,29). The summed E-state index contributed by atoms with van der Waals surface area (Å²) in [6, 6.07) is 6.70. The van der Waals surface area contributed by atoms with Gasteiger partial charge < -0.3 is 5.32 Å². The fourth-order valence-electron chi connectivity index (χ4n) is 2.71. The van der Waals surface area contributed by atoms with Crippen LogP contribution in [0.5, 0.6) is 0 Å². The van der Waals surface area contributed by atoms with Gasteiger partial charge in [0, 0.05) is 16.8 Å².